The smallest absolute Gasteiger partial charge is 0.255 e. The number of halogens is 4. The Morgan fingerprint density at radius 2 is 1.42 bits per heavy atom. The van der Waals surface area contributed by atoms with Gasteiger partial charge in [0.2, 0.25) is 10.0 Å². The number of benzene rings is 3. The first kappa shape index (κ1) is 23.7. The van der Waals surface area contributed by atoms with Gasteiger partial charge >= 0.3 is 0 Å². The van der Waals surface area contributed by atoms with E-state index in [4.69, 9.17) is 46.4 Å². The summed E-state index contributed by atoms with van der Waals surface area (Å²) in [6.45, 7) is -0.0546. The van der Waals surface area contributed by atoms with Crippen molar-refractivity contribution in [1.82, 2.24) is 0 Å². The van der Waals surface area contributed by atoms with Crippen LogP contribution in [0.5, 0.6) is 0 Å². The van der Waals surface area contributed by atoms with Crippen molar-refractivity contribution in [3.8, 4) is 0 Å². The zero-order chi connectivity index (χ0) is 22.8. The van der Waals surface area contributed by atoms with Crippen LogP contribution in [0.15, 0.2) is 60.7 Å². The van der Waals surface area contributed by atoms with Crippen LogP contribution in [0, 0.1) is 0 Å². The number of nitrogens with zero attached hydrogens (tertiary/aromatic N) is 1. The van der Waals surface area contributed by atoms with E-state index in [2.05, 4.69) is 5.32 Å². The number of sulfonamides is 1. The lowest BCUT2D eigenvalue weighted by Gasteiger charge is -2.23. The summed E-state index contributed by atoms with van der Waals surface area (Å²) < 4.78 is 26.0. The Morgan fingerprint density at radius 3 is 2.00 bits per heavy atom. The van der Waals surface area contributed by atoms with Crippen molar-refractivity contribution < 1.29 is 13.2 Å². The van der Waals surface area contributed by atoms with Gasteiger partial charge in [0, 0.05) is 21.2 Å². The fourth-order valence-electron chi connectivity index (χ4n) is 2.80. The van der Waals surface area contributed by atoms with Crippen LogP contribution in [-0.2, 0) is 16.6 Å². The van der Waals surface area contributed by atoms with Crippen LogP contribution in [0.2, 0.25) is 20.1 Å². The summed E-state index contributed by atoms with van der Waals surface area (Å²) in [4.78, 5) is 12.6. The highest BCUT2D eigenvalue weighted by Gasteiger charge is 2.21. The molecule has 0 atom stereocenters. The molecule has 3 rings (SSSR count). The van der Waals surface area contributed by atoms with Crippen molar-refractivity contribution in [1.29, 1.82) is 0 Å². The molecule has 0 bridgehead atoms. The highest BCUT2D eigenvalue weighted by Crippen LogP contribution is 2.31. The van der Waals surface area contributed by atoms with E-state index in [1.165, 1.54) is 24.3 Å². The van der Waals surface area contributed by atoms with Crippen molar-refractivity contribution in [3.05, 3.63) is 91.9 Å². The maximum absolute atomic E-state index is 12.6. The summed E-state index contributed by atoms with van der Waals surface area (Å²) in [6.07, 6.45) is 1.08. The summed E-state index contributed by atoms with van der Waals surface area (Å²) in [5.74, 6) is -0.421. The van der Waals surface area contributed by atoms with Crippen LogP contribution >= 0.6 is 46.4 Å². The maximum Gasteiger partial charge on any atom is 0.255 e. The third-order valence-electron chi connectivity index (χ3n) is 4.38. The lowest BCUT2D eigenvalue weighted by Crippen LogP contribution is -2.29. The standard InChI is InChI=1S/C21H16Cl4N2O3S/c1-31(29,30)27(12-15-16(22)4-2-5-17(15)23)14-10-8-13(9-11-14)21(28)26-19-7-3-6-18(24)20(19)25/h2-11H,12H2,1H3,(H,26,28). The Morgan fingerprint density at radius 1 is 0.871 bits per heavy atom. The molecule has 0 heterocycles. The topological polar surface area (TPSA) is 66.5 Å². The number of nitrogens with one attached hydrogen (secondary N) is 1. The van der Waals surface area contributed by atoms with Crippen LogP contribution in [0.25, 0.3) is 0 Å². The molecular formula is C21H16Cl4N2O3S. The number of carbonyl (C=O) groups excluding carboxylic acids is 1. The second-order valence-electron chi connectivity index (χ2n) is 6.57. The lowest BCUT2D eigenvalue weighted by molar-refractivity contribution is 0.102. The molecule has 0 spiro atoms. The van der Waals surface area contributed by atoms with Crippen LogP contribution in [0.1, 0.15) is 15.9 Å². The van der Waals surface area contributed by atoms with E-state index in [0.29, 0.717) is 37.6 Å². The molecule has 0 fully saturated rings. The van der Waals surface area contributed by atoms with E-state index < -0.39 is 15.9 Å². The molecule has 3 aromatic rings. The molecule has 0 saturated carbocycles. The molecule has 1 amide bonds. The van der Waals surface area contributed by atoms with E-state index in [1.54, 1.807) is 36.4 Å². The largest absolute Gasteiger partial charge is 0.321 e. The van der Waals surface area contributed by atoms with E-state index in [9.17, 15) is 13.2 Å². The molecule has 0 radical (unpaired) electrons. The number of hydrogen-bond donors (Lipinski definition) is 1. The SMILES string of the molecule is CS(=O)(=O)N(Cc1c(Cl)cccc1Cl)c1ccc(C(=O)Nc2cccc(Cl)c2Cl)cc1. The van der Waals surface area contributed by atoms with Crippen LogP contribution in [0.4, 0.5) is 11.4 Å². The second kappa shape index (κ2) is 9.67. The Labute approximate surface area is 200 Å². The molecule has 1 N–H and O–H groups in total. The van der Waals surface area contributed by atoms with Gasteiger partial charge in [0.25, 0.3) is 5.91 Å². The Balaban J connectivity index is 1.86. The molecule has 31 heavy (non-hydrogen) atoms. The highest BCUT2D eigenvalue weighted by molar-refractivity contribution is 7.92. The van der Waals surface area contributed by atoms with Gasteiger partial charge in [-0.15, -0.1) is 0 Å². The van der Waals surface area contributed by atoms with Crippen LogP contribution < -0.4 is 9.62 Å². The van der Waals surface area contributed by atoms with Gasteiger partial charge in [0.15, 0.2) is 0 Å². The monoisotopic (exact) mass is 516 g/mol. The molecule has 0 aromatic heterocycles. The number of carbonyl (C=O) groups is 1. The summed E-state index contributed by atoms with van der Waals surface area (Å²) >= 11 is 24.5. The highest BCUT2D eigenvalue weighted by atomic mass is 35.5. The summed E-state index contributed by atoms with van der Waals surface area (Å²) in [7, 11) is -3.66. The first-order chi connectivity index (χ1) is 14.6. The van der Waals surface area contributed by atoms with Crippen molar-refractivity contribution in [2.45, 2.75) is 6.54 Å². The summed E-state index contributed by atoms with van der Waals surface area (Å²) in [5, 5.41) is 3.94. The quantitative estimate of drug-likeness (QED) is 0.404. The van der Waals surface area contributed by atoms with Gasteiger partial charge in [-0.25, -0.2) is 8.42 Å². The number of hydrogen-bond acceptors (Lipinski definition) is 3. The number of anilines is 2. The first-order valence-corrected chi connectivity index (χ1v) is 12.2. The molecule has 0 aliphatic rings. The Hall–Kier alpha value is -1.96. The van der Waals surface area contributed by atoms with Crippen molar-refractivity contribution in [2.24, 2.45) is 0 Å². The van der Waals surface area contributed by atoms with Crippen LogP contribution in [-0.4, -0.2) is 20.6 Å². The fourth-order valence-corrected chi connectivity index (χ4v) is 4.53. The summed E-state index contributed by atoms with van der Waals surface area (Å²) in [5.41, 5.74) is 1.52. The van der Waals surface area contributed by atoms with Gasteiger partial charge < -0.3 is 5.32 Å². The minimum atomic E-state index is -3.66. The molecule has 0 aliphatic carbocycles. The van der Waals surface area contributed by atoms with Gasteiger partial charge in [-0.3, -0.25) is 9.10 Å². The van der Waals surface area contributed by atoms with Gasteiger partial charge in [-0.05, 0) is 48.5 Å². The molecule has 162 valence electrons. The van der Waals surface area contributed by atoms with Crippen LogP contribution in [0.3, 0.4) is 0 Å². The van der Waals surface area contributed by atoms with Crippen molar-refractivity contribution >= 4 is 73.7 Å². The first-order valence-electron chi connectivity index (χ1n) is 8.84. The van der Waals surface area contributed by atoms with E-state index in [0.717, 1.165) is 10.6 Å². The average Bonchev–Trinajstić information content (AvgIpc) is 2.70. The Kier molecular flexibility index (Phi) is 7.39. The normalized spacial score (nSPS) is 11.3. The third-order valence-corrected chi connectivity index (χ3v) is 7.05. The summed E-state index contributed by atoms with van der Waals surface area (Å²) in [6, 6.07) is 15.9. The number of rotatable bonds is 6. The molecule has 5 nitrogen and oxygen atoms in total. The zero-order valence-corrected chi connectivity index (χ0v) is 19.9. The minimum Gasteiger partial charge on any atom is -0.321 e. The molecule has 0 unspecified atom stereocenters. The fraction of sp³-hybridized carbons (Fsp3) is 0.0952. The predicted octanol–water partition coefficient (Wildman–Crippen LogP) is 6.52. The van der Waals surface area contributed by atoms with Gasteiger partial charge in [-0.2, -0.15) is 0 Å². The molecule has 3 aromatic carbocycles. The van der Waals surface area contributed by atoms with E-state index in [1.807, 2.05) is 0 Å². The third kappa shape index (κ3) is 5.64. The second-order valence-corrected chi connectivity index (χ2v) is 10.1. The predicted molar refractivity (Wildman–Crippen MR) is 128 cm³/mol. The van der Waals surface area contributed by atoms with E-state index in [-0.39, 0.29) is 11.6 Å². The zero-order valence-electron chi connectivity index (χ0n) is 16.1. The van der Waals surface area contributed by atoms with Crippen molar-refractivity contribution in [2.75, 3.05) is 15.9 Å². The molecule has 10 heteroatoms. The molecule has 0 saturated heterocycles. The average molecular weight is 518 g/mol. The lowest BCUT2D eigenvalue weighted by atomic mass is 10.1. The molecule has 0 aliphatic heterocycles. The maximum atomic E-state index is 12.6. The van der Waals surface area contributed by atoms with Gasteiger partial charge in [-0.1, -0.05) is 58.5 Å². The molecular weight excluding hydrogens is 502 g/mol. The van der Waals surface area contributed by atoms with Gasteiger partial charge in [0.05, 0.1) is 34.2 Å². The van der Waals surface area contributed by atoms with Crippen molar-refractivity contribution in [3.63, 3.8) is 0 Å². The Bertz CT molecular complexity index is 1210. The number of amides is 1. The van der Waals surface area contributed by atoms with E-state index >= 15 is 0 Å². The minimum absolute atomic E-state index is 0.0546. The van der Waals surface area contributed by atoms with Gasteiger partial charge in [0.1, 0.15) is 0 Å².